The van der Waals surface area contributed by atoms with E-state index in [4.69, 9.17) is 0 Å². The standard InChI is InChI=1S/C21H25N5O2/c1-12-7-8-18(13(2)9-12)23-19(27)11-25-20(28)16(5)17(6)22-21(25)26-15(4)10-14(3)24-26/h7-10H,11H2,1-6H3,(H,23,27). The highest BCUT2D eigenvalue weighted by molar-refractivity contribution is 5.91. The molecule has 0 atom stereocenters. The molecule has 0 aliphatic heterocycles. The van der Waals surface area contributed by atoms with Crippen molar-refractivity contribution in [2.45, 2.75) is 48.1 Å². The van der Waals surface area contributed by atoms with Gasteiger partial charge in [-0.25, -0.2) is 9.67 Å². The van der Waals surface area contributed by atoms with Gasteiger partial charge >= 0.3 is 0 Å². The Bertz CT molecular complexity index is 1120. The van der Waals surface area contributed by atoms with Crippen molar-refractivity contribution in [3.8, 4) is 5.95 Å². The van der Waals surface area contributed by atoms with Crippen molar-refractivity contribution in [2.24, 2.45) is 0 Å². The average Bonchev–Trinajstić information content (AvgIpc) is 2.96. The summed E-state index contributed by atoms with van der Waals surface area (Å²) in [7, 11) is 0. The third-order valence-corrected chi connectivity index (χ3v) is 4.77. The molecule has 0 unspecified atom stereocenters. The lowest BCUT2D eigenvalue weighted by Gasteiger charge is -2.16. The molecule has 2 aromatic heterocycles. The van der Waals surface area contributed by atoms with Gasteiger partial charge in [0.1, 0.15) is 6.54 Å². The molecule has 1 N–H and O–H groups in total. The number of amides is 1. The Morgan fingerprint density at radius 1 is 1.07 bits per heavy atom. The van der Waals surface area contributed by atoms with E-state index in [1.54, 1.807) is 18.5 Å². The molecule has 3 rings (SSSR count). The number of carbonyl (C=O) groups is 1. The molecule has 0 aliphatic rings. The molecule has 0 spiro atoms. The largest absolute Gasteiger partial charge is 0.324 e. The molecule has 1 amide bonds. The smallest absolute Gasteiger partial charge is 0.258 e. The summed E-state index contributed by atoms with van der Waals surface area (Å²) >= 11 is 0. The van der Waals surface area contributed by atoms with Gasteiger partial charge < -0.3 is 5.32 Å². The summed E-state index contributed by atoms with van der Waals surface area (Å²) in [5.74, 6) is 0.0522. The van der Waals surface area contributed by atoms with Crippen LogP contribution < -0.4 is 10.9 Å². The first-order valence-corrected chi connectivity index (χ1v) is 9.16. The second-order valence-electron chi connectivity index (χ2n) is 7.22. The first kappa shape index (κ1) is 19.5. The van der Waals surface area contributed by atoms with E-state index >= 15 is 0 Å². The van der Waals surface area contributed by atoms with Crippen molar-refractivity contribution in [3.05, 3.63) is 68.4 Å². The molecule has 0 radical (unpaired) electrons. The van der Waals surface area contributed by atoms with Gasteiger partial charge in [-0.2, -0.15) is 5.10 Å². The van der Waals surface area contributed by atoms with Crippen LogP contribution in [0.4, 0.5) is 5.69 Å². The van der Waals surface area contributed by atoms with Gasteiger partial charge in [-0.1, -0.05) is 17.7 Å². The lowest BCUT2D eigenvalue weighted by molar-refractivity contribution is -0.116. The van der Waals surface area contributed by atoms with Gasteiger partial charge in [0.05, 0.1) is 5.69 Å². The number of hydrogen-bond acceptors (Lipinski definition) is 4. The summed E-state index contributed by atoms with van der Waals surface area (Å²) in [6.45, 7) is 11.1. The highest BCUT2D eigenvalue weighted by Gasteiger charge is 2.18. The molecule has 0 saturated carbocycles. The van der Waals surface area contributed by atoms with Gasteiger partial charge in [0.25, 0.3) is 5.56 Å². The topological polar surface area (TPSA) is 81.8 Å². The lowest BCUT2D eigenvalue weighted by Crippen LogP contribution is -2.34. The zero-order chi connectivity index (χ0) is 20.6. The Balaban J connectivity index is 2.01. The SMILES string of the molecule is Cc1ccc(NC(=O)Cn2c(-n3nc(C)cc3C)nc(C)c(C)c2=O)c(C)c1. The monoisotopic (exact) mass is 379 g/mol. The number of aromatic nitrogens is 4. The fourth-order valence-electron chi connectivity index (χ4n) is 3.16. The summed E-state index contributed by atoms with van der Waals surface area (Å²) in [5.41, 5.74) is 5.38. The van der Waals surface area contributed by atoms with E-state index < -0.39 is 0 Å². The Morgan fingerprint density at radius 2 is 1.79 bits per heavy atom. The Labute approximate surface area is 164 Å². The summed E-state index contributed by atoms with van der Waals surface area (Å²) in [6, 6.07) is 7.71. The van der Waals surface area contributed by atoms with Crippen LogP contribution in [0.25, 0.3) is 5.95 Å². The number of nitrogens with one attached hydrogen (secondary N) is 1. The van der Waals surface area contributed by atoms with Crippen molar-refractivity contribution >= 4 is 11.6 Å². The van der Waals surface area contributed by atoms with E-state index in [-0.39, 0.29) is 18.0 Å². The average molecular weight is 379 g/mol. The number of hydrogen-bond donors (Lipinski definition) is 1. The minimum atomic E-state index is -0.290. The first-order chi connectivity index (χ1) is 13.2. The van der Waals surface area contributed by atoms with Crippen LogP contribution >= 0.6 is 0 Å². The molecule has 0 fully saturated rings. The Kier molecular flexibility index (Phi) is 5.18. The Hall–Kier alpha value is -3.22. The second kappa shape index (κ2) is 7.42. The molecule has 1 aromatic carbocycles. The molecular weight excluding hydrogens is 354 g/mol. The van der Waals surface area contributed by atoms with Crippen LogP contribution in [0.1, 0.15) is 33.8 Å². The Morgan fingerprint density at radius 3 is 2.39 bits per heavy atom. The van der Waals surface area contributed by atoms with E-state index in [9.17, 15) is 9.59 Å². The molecule has 0 saturated heterocycles. The van der Waals surface area contributed by atoms with Gasteiger partial charge in [-0.3, -0.25) is 14.2 Å². The quantitative estimate of drug-likeness (QED) is 0.756. The number of benzene rings is 1. The fraction of sp³-hybridized carbons (Fsp3) is 0.333. The zero-order valence-corrected chi connectivity index (χ0v) is 17.1. The first-order valence-electron chi connectivity index (χ1n) is 9.16. The van der Waals surface area contributed by atoms with E-state index in [0.29, 0.717) is 17.2 Å². The van der Waals surface area contributed by atoms with Gasteiger partial charge in [-0.05, 0) is 59.2 Å². The van der Waals surface area contributed by atoms with Crippen LogP contribution in [-0.2, 0) is 11.3 Å². The molecule has 0 bridgehead atoms. The minimum Gasteiger partial charge on any atom is -0.324 e. The summed E-state index contributed by atoms with van der Waals surface area (Å²) in [4.78, 5) is 30.2. The van der Waals surface area contributed by atoms with Gasteiger partial charge in [0.15, 0.2) is 0 Å². The summed E-state index contributed by atoms with van der Waals surface area (Å²) in [6.07, 6.45) is 0. The van der Waals surface area contributed by atoms with Crippen molar-refractivity contribution in [1.82, 2.24) is 19.3 Å². The molecule has 2 heterocycles. The number of carbonyl (C=O) groups excluding carboxylic acids is 1. The number of aryl methyl sites for hydroxylation is 5. The molecule has 0 aliphatic carbocycles. The molecule has 7 heteroatoms. The maximum atomic E-state index is 12.9. The highest BCUT2D eigenvalue weighted by atomic mass is 16.2. The van der Waals surface area contributed by atoms with E-state index in [2.05, 4.69) is 15.4 Å². The third-order valence-electron chi connectivity index (χ3n) is 4.77. The van der Waals surface area contributed by atoms with E-state index in [1.165, 1.54) is 4.57 Å². The van der Waals surface area contributed by atoms with Crippen LogP contribution in [0.3, 0.4) is 0 Å². The van der Waals surface area contributed by atoms with E-state index in [0.717, 1.165) is 28.2 Å². The van der Waals surface area contributed by atoms with Crippen LogP contribution in [0.15, 0.2) is 29.1 Å². The summed E-state index contributed by atoms with van der Waals surface area (Å²) < 4.78 is 2.98. The van der Waals surface area contributed by atoms with Gasteiger partial charge in [0.2, 0.25) is 11.9 Å². The maximum absolute atomic E-state index is 12.9. The normalized spacial score (nSPS) is 10.9. The molecular formula is C21H25N5O2. The maximum Gasteiger partial charge on any atom is 0.258 e. The van der Waals surface area contributed by atoms with Crippen LogP contribution in [-0.4, -0.2) is 25.2 Å². The number of anilines is 1. The van der Waals surface area contributed by atoms with Crippen molar-refractivity contribution < 1.29 is 4.79 Å². The van der Waals surface area contributed by atoms with Crippen LogP contribution in [0, 0.1) is 41.5 Å². The number of nitrogens with zero attached hydrogens (tertiary/aromatic N) is 4. The highest BCUT2D eigenvalue weighted by Crippen LogP contribution is 2.16. The lowest BCUT2D eigenvalue weighted by atomic mass is 10.1. The van der Waals surface area contributed by atoms with Crippen molar-refractivity contribution in [1.29, 1.82) is 0 Å². The van der Waals surface area contributed by atoms with Gasteiger partial charge in [-0.15, -0.1) is 0 Å². The van der Waals surface area contributed by atoms with Crippen molar-refractivity contribution in [2.75, 3.05) is 5.32 Å². The molecule has 3 aromatic rings. The third kappa shape index (κ3) is 3.74. The second-order valence-corrected chi connectivity index (χ2v) is 7.22. The van der Waals surface area contributed by atoms with E-state index in [1.807, 2.05) is 52.0 Å². The van der Waals surface area contributed by atoms with Gasteiger partial charge in [0, 0.05) is 22.6 Å². The van der Waals surface area contributed by atoms with Crippen LogP contribution in [0.5, 0.6) is 0 Å². The van der Waals surface area contributed by atoms with Crippen LogP contribution in [0.2, 0.25) is 0 Å². The predicted octanol–water partition coefficient (Wildman–Crippen LogP) is 2.92. The predicted molar refractivity (Wildman–Crippen MR) is 109 cm³/mol. The number of rotatable bonds is 4. The molecule has 7 nitrogen and oxygen atoms in total. The minimum absolute atomic E-state index is 0.145. The molecule has 146 valence electrons. The fourth-order valence-corrected chi connectivity index (χ4v) is 3.16. The molecule has 28 heavy (non-hydrogen) atoms. The summed E-state index contributed by atoms with van der Waals surface area (Å²) in [5, 5.41) is 7.32. The van der Waals surface area contributed by atoms with Crippen molar-refractivity contribution in [3.63, 3.8) is 0 Å². The zero-order valence-electron chi connectivity index (χ0n) is 17.1.